The Morgan fingerprint density at radius 1 is 1.32 bits per heavy atom. The van der Waals surface area contributed by atoms with E-state index in [4.69, 9.17) is 0 Å². The first-order valence-corrected chi connectivity index (χ1v) is 7.99. The van der Waals surface area contributed by atoms with Crippen molar-refractivity contribution in [2.45, 2.75) is 11.8 Å². The fraction of sp³-hybridized carbons (Fsp3) is 0.286. The van der Waals surface area contributed by atoms with Crippen LogP contribution >= 0.6 is 0 Å². The van der Waals surface area contributed by atoms with Crippen LogP contribution in [0.2, 0.25) is 0 Å². The number of rotatable bonds is 4. The first kappa shape index (κ1) is 16.2. The van der Waals surface area contributed by atoms with Gasteiger partial charge in [0, 0.05) is 33.0 Å². The lowest BCUT2D eigenvalue weighted by atomic mass is 10.2. The van der Waals surface area contributed by atoms with E-state index in [1.54, 1.807) is 26.2 Å². The molecule has 22 heavy (non-hydrogen) atoms. The molecule has 0 aliphatic heterocycles. The van der Waals surface area contributed by atoms with Crippen molar-refractivity contribution in [2.75, 3.05) is 19.4 Å². The summed E-state index contributed by atoms with van der Waals surface area (Å²) in [6.45, 7) is 1.80. The third kappa shape index (κ3) is 3.18. The fourth-order valence-corrected chi connectivity index (χ4v) is 2.77. The third-order valence-electron chi connectivity index (χ3n) is 3.20. The van der Waals surface area contributed by atoms with Crippen molar-refractivity contribution in [2.24, 2.45) is 7.05 Å². The minimum absolute atomic E-state index is 0.129. The first-order valence-electron chi connectivity index (χ1n) is 6.55. The van der Waals surface area contributed by atoms with Gasteiger partial charge in [0.25, 0.3) is 5.91 Å². The van der Waals surface area contributed by atoms with Crippen molar-refractivity contribution >= 4 is 21.6 Å². The topological polar surface area (TPSA) is 84.3 Å². The Hall–Kier alpha value is -2.19. The zero-order valence-corrected chi connectivity index (χ0v) is 13.7. The van der Waals surface area contributed by atoms with Gasteiger partial charge in [-0.15, -0.1) is 0 Å². The van der Waals surface area contributed by atoms with Crippen LogP contribution in [0.5, 0.6) is 0 Å². The summed E-state index contributed by atoms with van der Waals surface area (Å²) in [5.41, 5.74) is 1.63. The molecule has 0 aliphatic carbocycles. The SMILES string of the molecule is Cc1ccc(S(=O)(=O)N(C)C)cc1NC(=O)c1cnn(C)c1. The van der Waals surface area contributed by atoms with Crippen LogP contribution in [0.3, 0.4) is 0 Å². The standard InChI is InChI=1S/C14H18N4O3S/c1-10-5-6-12(22(20,21)17(2)3)7-13(10)16-14(19)11-8-15-18(4)9-11/h5-9H,1-4H3,(H,16,19). The number of nitrogens with zero attached hydrogens (tertiary/aromatic N) is 3. The van der Waals surface area contributed by atoms with Gasteiger partial charge in [-0.25, -0.2) is 12.7 Å². The van der Waals surface area contributed by atoms with Crippen LogP contribution in [0.15, 0.2) is 35.5 Å². The Labute approximate surface area is 129 Å². The molecule has 1 amide bonds. The zero-order valence-electron chi connectivity index (χ0n) is 12.9. The zero-order chi connectivity index (χ0) is 16.5. The number of hydrogen-bond acceptors (Lipinski definition) is 4. The minimum atomic E-state index is -3.55. The van der Waals surface area contributed by atoms with E-state index in [-0.39, 0.29) is 10.8 Å². The number of aromatic nitrogens is 2. The molecule has 1 aromatic carbocycles. The molecule has 0 fully saturated rings. The number of aryl methyl sites for hydroxylation is 2. The number of anilines is 1. The molecule has 0 atom stereocenters. The summed E-state index contributed by atoms with van der Waals surface area (Å²) in [5, 5.41) is 6.65. The van der Waals surface area contributed by atoms with Crippen molar-refractivity contribution < 1.29 is 13.2 Å². The normalized spacial score (nSPS) is 11.7. The van der Waals surface area contributed by atoms with Gasteiger partial charge in [0.15, 0.2) is 0 Å². The second kappa shape index (κ2) is 5.90. The lowest BCUT2D eigenvalue weighted by molar-refractivity contribution is 0.102. The van der Waals surface area contributed by atoms with Crippen molar-refractivity contribution in [3.63, 3.8) is 0 Å². The van der Waals surface area contributed by atoms with Crippen molar-refractivity contribution in [3.8, 4) is 0 Å². The molecule has 8 heteroatoms. The highest BCUT2D eigenvalue weighted by molar-refractivity contribution is 7.89. The van der Waals surface area contributed by atoms with Crippen molar-refractivity contribution in [1.82, 2.24) is 14.1 Å². The molecule has 0 saturated heterocycles. The van der Waals surface area contributed by atoms with Gasteiger partial charge < -0.3 is 5.32 Å². The van der Waals surface area contributed by atoms with E-state index in [0.717, 1.165) is 9.87 Å². The third-order valence-corrected chi connectivity index (χ3v) is 5.01. The van der Waals surface area contributed by atoms with Crippen LogP contribution in [-0.4, -0.2) is 42.5 Å². The van der Waals surface area contributed by atoms with Crippen LogP contribution in [-0.2, 0) is 17.1 Å². The van der Waals surface area contributed by atoms with Crippen LogP contribution in [0.1, 0.15) is 15.9 Å². The molecule has 0 unspecified atom stereocenters. The molecule has 0 saturated carbocycles. The maximum absolute atomic E-state index is 12.2. The lowest BCUT2D eigenvalue weighted by Crippen LogP contribution is -2.22. The number of nitrogens with one attached hydrogen (secondary N) is 1. The average Bonchev–Trinajstić information content (AvgIpc) is 2.87. The molecular weight excluding hydrogens is 304 g/mol. The number of amides is 1. The Balaban J connectivity index is 2.34. The van der Waals surface area contributed by atoms with Crippen LogP contribution in [0, 0.1) is 6.92 Å². The van der Waals surface area contributed by atoms with E-state index < -0.39 is 10.0 Å². The minimum Gasteiger partial charge on any atom is -0.322 e. The number of carbonyl (C=O) groups excluding carboxylic acids is 1. The quantitative estimate of drug-likeness (QED) is 0.917. The van der Waals surface area contributed by atoms with Crippen LogP contribution < -0.4 is 5.32 Å². The maximum Gasteiger partial charge on any atom is 0.258 e. The molecule has 0 spiro atoms. The van der Waals surface area contributed by atoms with Crippen molar-refractivity contribution in [3.05, 3.63) is 41.7 Å². The van der Waals surface area contributed by atoms with Gasteiger partial charge in [-0.05, 0) is 24.6 Å². The highest BCUT2D eigenvalue weighted by Gasteiger charge is 2.19. The lowest BCUT2D eigenvalue weighted by Gasteiger charge is -2.14. The number of carbonyl (C=O) groups is 1. The van der Waals surface area contributed by atoms with E-state index in [1.807, 2.05) is 0 Å². The molecule has 7 nitrogen and oxygen atoms in total. The van der Waals surface area contributed by atoms with Gasteiger partial charge >= 0.3 is 0 Å². The summed E-state index contributed by atoms with van der Waals surface area (Å²) >= 11 is 0. The predicted octanol–water partition coefficient (Wildman–Crippen LogP) is 1.23. The van der Waals surface area contributed by atoms with Crippen LogP contribution in [0.4, 0.5) is 5.69 Å². The van der Waals surface area contributed by atoms with Gasteiger partial charge in [0.1, 0.15) is 0 Å². The van der Waals surface area contributed by atoms with Crippen LogP contribution in [0.25, 0.3) is 0 Å². The van der Waals surface area contributed by atoms with Gasteiger partial charge in [-0.3, -0.25) is 9.48 Å². The van der Waals surface area contributed by atoms with E-state index in [1.165, 1.54) is 37.1 Å². The molecular formula is C14H18N4O3S. The number of benzene rings is 1. The summed E-state index contributed by atoms with van der Waals surface area (Å²) in [4.78, 5) is 12.3. The summed E-state index contributed by atoms with van der Waals surface area (Å²) < 4.78 is 27.0. The molecule has 2 aromatic rings. The van der Waals surface area contributed by atoms with E-state index in [9.17, 15) is 13.2 Å². The van der Waals surface area contributed by atoms with Crippen molar-refractivity contribution in [1.29, 1.82) is 0 Å². The molecule has 0 radical (unpaired) electrons. The molecule has 1 aromatic heterocycles. The van der Waals surface area contributed by atoms with E-state index in [2.05, 4.69) is 10.4 Å². The smallest absolute Gasteiger partial charge is 0.258 e. The summed E-state index contributed by atoms with van der Waals surface area (Å²) in [7, 11) is 1.09. The Morgan fingerprint density at radius 3 is 2.55 bits per heavy atom. The monoisotopic (exact) mass is 322 g/mol. The second-order valence-corrected chi connectivity index (χ2v) is 7.27. The molecule has 118 valence electrons. The van der Waals surface area contributed by atoms with Gasteiger partial charge in [-0.1, -0.05) is 6.07 Å². The summed E-state index contributed by atoms with van der Waals surface area (Å²) in [6.07, 6.45) is 3.04. The summed E-state index contributed by atoms with van der Waals surface area (Å²) in [6, 6.07) is 4.64. The highest BCUT2D eigenvalue weighted by Crippen LogP contribution is 2.22. The second-order valence-electron chi connectivity index (χ2n) is 5.12. The maximum atomic E-state index is 12.2. The largest absolute Gasteiger partial charge is 0.322 e. The van der Waals surface area contributed by atoms with E-state index in [0.29, 0.717) is 11.3 Å². The highest BCUT2D eigenvalue weighted by atomic mass is 32.2. The summed E-state index contributed by atoms with van der Waals surface area (Å²) in [5.74, 6) is -0.337. The molecule has 1 heterocycles. The van der Waals surface area contributed by atoms with Gasteiger partial charge in [-0.2, -0.15) is 5.10 Å². The molecule has 0 aliphatic rings. The molecule has 2 rings (SSSR count). The Bertz CT molecular complexity index is 809. The number of sulfonamides is 1. The predicted molar refractivity (Wildman–Crippen MR) is 83.2 cm³/mol. The van der Waals surface area contributed by atoms with E-state index >= 15 is 0 Å². The molecule has 1 N–H and O–H groups in total. The first-order chi connectivity index (χ1) is 10.2. The number of hydrogen-bond donors (Lipinski definition) is 1. The molecule has 0 bridgehead atoms. The Morgan fingerprint density at radius 2 is 2.00 bits per heavy atom. The van der Waals surface area contributed by atoms with Gasteiger partial charge in [0.2, 0.25) is 10.0 Å². The van der Waals surface area contributed by atoms with Gasteiger partial charge in [0.05, 0.1) is 16.7 Å². The average molecular weight is 322 g/mol. The Kier molecular flexibility index (Phi) is 4.34. The fourth-order valence-electron chi connectivity index (χ4n) is 1.84.